The minimum absolute atomic E-state index is 0.124. The topological polar surface area (TPSA) is 41.6 Å². The van der Waals surface area contributed by atoms with Gasteiger partial charge in [0, 0.05) is 13.1 Å². The molecule has 4 heteroatoms. The summed E-state index contributed by atoms with van der Waals surface area (Å²) in [5.74, 6) is 0.736. The van der Waals surface area contributed by atoms with Crippen molar-refractivity contribution in [3.8, 4) is 0 Å². The molecule has 0 atom stereocenters. The van der Waals surface area contributed by atoms with Crippen LogP contribution in [0.2, 0.25) is 0 Å². The van der Waals surface area contributed by atoms with Crippen molar-refractivity contribution >= 4 is 5.91 Å². The van der Waals surface area contributed by atoms with Crippen LogP contribution in [-0.4, -0.2) is 43.7 Å². The molecule has 0 saturated carbocycles. The summed E-state index contributed by atoms with van der Waals surface area (Å²) in [6, 6.07) is 8.38. The number of piperidine rings is 1. The highest BCUT2D eigenvalue weighted by Gasteiger charge is 2.21. The van der Waals surface area contributed by atoms with E-state index in [4.69, 9.17) is 4.74 Å². The number of hydrogen-bond acceptors (Lipinski definition) is 3. The first-order chi connectivity index (χ1) is 10.3. The molecule has 1 saturated heterocycles. The van der Waals surface area contributed by atoms with Crippen molar-refractivity contribution in [1.29, 1.82) is 0 Å². The molecular weight excluding hydrogens is 264 g/mol. The van der Waals surface area contributed by atoms with Gasteiger partial charge in [0.15, 0.2) is 0 Å². The van der Waals surface area contributed by atoms with Crippen LogP contribution >= 0.6 is 0 Å². The fraction of sp³-hybridized carbons (Fsp3) is 0.588. The second-order valence-corrected chi connectivity index (χ2v) is 6.04. The van der Waals surface area contributed by atoms with Crippen molar-refractivity contribution in [3.05, 3.63) is 35.4 Å². The largest absolute Gasteiger partial charge is 0.371 e. The lowest BCUT2D eigenvalue weighted by atomic mass is 9.99. The minimum atomic E-state index is 0.124. The van der Waals surface area contributed by atoms with Gasteiger partial charge in [0.1, 0.15) is 6.61 Å². The Kier molecular flexibility index (Phi) is 4.88. The first-order valence-corrected chi connectivity index (χ1v) is 7.96. The summed E-state index contributed by atoms with van der Waals surface area (Å²) in [4.78, 5) is 14.2. The van der Waals surface area contributed by atoms with Crippen LogP contribution in [0, 0.1) is 5.92 Å². The molecule has 0 radical (unpaired) electrons. The summed E-state index contributed by atoms with van der Waals surface area (Å²) >= 11 is 0. The summed E-state index contributed by atoms with van der Waals surface area (Å²) in [6.07, 6.45) is 3.27. The SMILES string of the molecule is O=C(COCC1CCNCC1)N1CCc2ccccc2C1. The van der Waals surface area contributed by atoms with Gasteiger partial charge in [-0.25, -0.2) is 0 Å². The third kappa shape index (κ3) is 3.83. The number of ether oxygens (including phenoxy) is 1. The maximum Gasteiger partial charge on any atom is 0.248 e. The van der Waals surface area contributed by atoms with Gasteiger partial charge in [0.05, 0.1) is 6.61 Å². The average Bonchev–Trinajstić information content (AvgIpc) is 2.55. The molecule has 21 heavy (non-hydrogen) atoms. The molecule has 1 N–H and O–H groups in total. The maximum absolute atomic E-state index is 12.2. The molecule has 2 aliphatic rings. The lowest BCUT2D eigenvalue weighted by Gasteiger charge is -2.29. The molecule has 0 unspecified atom stereocenters. The van der Waals surface area contributed by atoms with Crippen LogP contribution in [0.4, 0.5) is 0 Å². The van der Waals surface area contributed by atoms with Crippen LogP contribution in [0.3, 0.4) is 0 Å². The van der Waals surface area contributed by atoms with E-state index in [1.165, 1.54) is 11.1 Å². The lowest BCUT2D eigenvalue weighted by Crippen LogP contribution is -2.38. The average molecular weight is 288 g/mol. The third-order valence-corrected chi connectivity index (χ3v) is 4.52. The Bertz CT molecular complexity index is 483. The van der Waals surface area contributed by atoms with Crippen LogP contribution < -0.4 is 5.32 Å². The molecule has 1 aromatic carbocycles. The molecule has 1 aromatic rings. The maximum atomic E-state index is 12.2. The zero-order chi connectivity index (χ0) is 14.5. The Morgan fingerprint density at radius 1 is 1.24 bits per heavy atom. The summed E-state index contributed by atoms with van der Waals surface area (Å²) in [7, 11) is 0. The number of carbonyl (C=O) groups is 1. The monoisotopic (exact) mass is 288 g/mol. The van der Waals surface area contributed by atoms with Crippen LogP contribution in [0.1, 0.15) is 24.0 Å². The van der Waals surface area contributed by atoms with Gasteiger partial charge in [0.2, 0.25) is 5.91 Å². The number of hydrogen-bond donors (Lipinski definition) is 1. The highest BCUT2D eigenvalue weighted by Crippen LogP contribution is 2.18. The van der Waals surface area contributed by atoms with E-state index in [1.807, 2.05) is 11.0 Å². The molecule has 3 rings (SSSR count). The summed E-state index contributed by atoms with van der Waals surface area (Å²) in [5.41, 5.74) is 2.65. The van der Waals surface area contributed by atoms with Crippen molar-refractivity contribution in [2.75, 3.05) is 32.8 Å². The molecule has 0 bridgehead atoms. The number of nitrogens with one attached hydrogen (secondary N) is 1. The summed E-state index contributed by atoms with van der Waals surface area (Å²) in [6.45, 7) is 4.64. The van der Waals surface area contributed by atoms with Crippen LogP contribution in [0.25, 0.3) is 0 Å². The van der Waals surface area contributed by atoms with Gasteiger partial charge in [-0.3, -0.25) is 4.79 Å². The zero-order valence-electron chi connectivity index (χ0n) is 12.5. The lowest BCUT2D eigenvalue weighted by molar-refractivity contribution is -0.137. The van der Waals surface area contributed by atoms with Gasteiger partial charge in [-0.1, -0.05) is 24.3 Å². The number of nitrogens with zero attached hydrogens (tertiary/aromatic N) is 1. The third-order valence-electron chi connectivity index (χ3n) is 4.52. The van der Waals surface area contributed by atoms with Crippen molar-refractivity contribution in [1.82, 2.24) is 10.2 Å². The van der Waals surface area contributed by atoms with E-state index in [1.54, 1.807) is 0 Å². The summed E-state index contributed by atoms with van der Waals surface area (Å²) in [5, 5.41) is 3.34. The molecule has 1 amide bonds. The molecule has 0 aromatic heterocycles. The zero-order valence-corrected chi connectivity index (χ0v) is 12.5. The fourth-order valence-corrected chi connectivity index (χ4v) is 3.16. The van der Waals surface area contributed by atoms with Gasteiger partial charge in [0.25, 0.3) is 0 Å². The minimum Gasteiger partial charge on any atom is -0.371 e. The second-order valence-electron chi connectivity index (χ2n) is 6.04. The first kappa shape index (κ1) is 14.5. The molecule has 114 valence electrons. The van der Waals surface area contributed by atoms with Gasteiger partial charge in [-0.2, -0.15) is 0 Å². The van der Waals surface area contributed by atoms with Crippen LogP contribution in [0.5, 0.6) is 0 Å². The van der Waals surface area contributed by atoms with Gasteiger partial charge < -0.3 is 15.0 Å². The first-order valence-electron chi connectivity index (χ1n) is 7.96. The summed E-state index contributed by atoms with van der Waals surface area (Å²) < 4.78 is 5.66. The van der Waals surface area contributed by atoms with Crippen LogP contribution in [0.15, 0.2) is 24.3 Å². The highest BCUT2D eigenvalue weighted by atomic mass is 16.5. The number of carbonyl (C=O) groups excluding carboxylic acids is 1. The fourth-order valence-electron chi connectivity index (χ4n) is 3.16. The molecule has 2 heterocycles. The van der Waals surface area contributed by atoms with E-state index < -0.39 is 0 Å². The van der Waals surface area contributed by atoms with Gasteiger partial charge in [-0.05, 0) is 49.4 Å². The Hall–Kier alpha value is -1.39. The smallest absolute Gasteiger partial charge is 0.248 e. The number of benzene rings is 1. The Morgan fingerprint density at radius 3 is 2.81 bits per heavy atom. The van der Waals surface area contributed by atoms with E-state index in [0.29, 0.717) is 5.92 Å². The second kappa shape index (κ2) is 7.05. The Morgan fingerprint density at radius 2 is 2.00 bits per heavy atom. The van der Waals surface area contributed by atoms with E-state index >= 15 is 0 Å². The molecule has 4 nitrogen and oxygen atoms in total. The van der Waals surface area contributed by atoms with Gasteiger partial charge >= 0.3 is 0 Å². The molecule has 0 aliphatic carbocycles. The normalized spacial score (nSPS) is 19.3. The van der Waals surface area contributed by atoms with E-state index in [0.717, 1.165) is 52.0 Å². The predicted molar refractivity (Wildman–Crippen MR) is 82.0 cm³/mol. The molecular formula is C17H24N2O2. The standard InChI is InChI=1S/C17H24N2O2/c20-17(13-21-12-14-5-8-18-9-6-14)19-10-7-15-3-1-2-4-16(15)11-19/h1-4,14,18H,5-13H2. The number of fused-ring (bicyclic) bond motifs is 1. The van der Waals surface area contributed by atoms with Crippen molar-refractivity contribution in [3.63, 3.8) is 0 Å². The van der Waals surface area contributed by atoms with Gasteiger partial charge in [-0.15, -0.1) is 0 Å². The van der Waals surface area contributed by atoms with Crippen LogP contribution in [-0.2, 0) is 22.5 Å². The molecule has 2 aliphatic heterocycles. The van der Waals surface area contributed by atoms with E-state index in [-0.39, 0.29) is 12.5 Å². The Balaban J connectivity index is 1.44. The van der Waals surface area contributed by atoms with E-state index in [2.05, 4.69) is 23.5 Å². The number of rotatable bonds is 4. The molecule has 1 fully saturated rings. The Labute approximate surface area is 126 Å². The van der Waals surface area contributed by atoms with Crippen molar-refractivity contribution < 1.29 is 9.53 Å². The van der Waals surface area contributed by atoms with Crippen molar-refractivity contribution in [2.45, 2.75) is 25.8 Å². The quantitative estimate of drug-likeness (QED) is 0.915. The molecule has 0 spiro atoms. The van der Waals surface area contributed by atoms with Crippen molar-refractivity contribution in [2.24, 2.45) is 5.92 Å². The number of amides is 1. The highest BCUT2D eigenvalue weighted by molar-refractivity contribution is 5.77. The van der Waals surface area contributed by atoms with E-state index in [9.17, 15) is 4.79 Å². The predicted octanol–water partition coefficient (Wildman–Crippen LogP) is 1.59.